The maximum atomic E-state index is 14.2. The molecule has 8 heteroatoms. The fourth-order valence-corrected chi connectivity index (χ4v) is 5.84. The van der Waals surface area contributed by atoms with Gasteiger partial charge in [-0.15, -0.1) is 0 Å². The van der Waals surface area contributed by atoms with Crippen LogP contribution in [0.2, 0.25) is 0 Å². The van der Waals surface area contributed by atoms with Crippen LogP contribution < -0.4 is 4.90 Å². The zero-order valence-electron chi connectivity index (χ0n) is 18.6. The molecule has 0 aliphatic carbocycles. The lowest BCUT2D eigenvalue weighted by atomic mass is 10.2. The van der Waals surface area contributed by atoms with Gasteiger partial charge in [0, 0.05) is 37.9 Å². The molecular weight excluding hydrogens is 451 g/mol. The zero-order chi connectivity index (χ0) is 23.5. The van der Waals surface area contributed by atoms with E-state index in [0.717, 1.165) is 11.1 Å². The number of sulfonamides is 1. The average Bonchev–Trinajstić information content (AvgIpc) is 3.30. The molecule has 0 amide bonds. The molecule has 0 atom stereocenters. The molecule has 0 saturated carbocycles. The van der Waals surface area contributed by atoms with E-state index in [-0.39, 0.29) is 23.8 Å². The van der Waals surface area contributed by atoms with Crippen molar-refractivity contribution in [1.29, 1.82) is 0 Å². The summed E-state index contributed by atoms with van der Waals surface area (Å²) in [5, 5.41) is 4.66. The SMILES string of the molecule is O=S(=O)(c1cn(Cc2ccccc2)nc1-c1ccccc1)N1CCN(c2ccccc2F)CC1. The highest BCUT2D eigenvalue weighted by Gasteiger charge is 2.33. The van der Waals surface area contributed by atoms with Crippen LogP contribution in [-0.2, 0) is 16.6 Å². The number of aromatic nitrogens is 2. The molecule has 1 aliphatic heterocycles. The first-order chi connectivity index (χ1) is 16.5. The highest BCUT2D eigenvalue weighted by Crippen LogP contribution is 2.30. The fraction of sp³-hybridized carbons (Fsp3) is 0.192. The van der Waals surface area contributed by atoms with E-state index in [0.29, 0.717) is 31.0 Å². The first-order valence-electron chi connectivity index (χ1n) is 11.2. The molecule has 5 rings (SSSR count). The van der Waals surface area contributed by atoms with Crippen LogP contribution in [0.3, 0.4) is 0 Å². The minimum absolute atomic E-state index is 0.189. The van der Waals surface area contributed by atoms with Gasteiger partial charge < -0.3 is 4.90 Å². The normalized spacial score (nSPS) is 14.9. The third-order valence-corrected chi connectivity index (χ3v) is 7.91. The van der Waals surface area contributed by atoms with Gasteiger partial charge in [-0.1, -0.05) is 72.8 Å². The molecule has 1 aromatic heterocycles. The van der Waals surface area contributed by atoms with Crippen LogP contribution in [0.25, 0.3) is 11.3 Å². The van der Waals surface area contributed by atoms with Gasteiger partial charge >= 0.3 is 0 Å². The van der Waals surface area contributed by atoms with Crippen molar-refractivity contribution < 1.29 is 12.8 Å². The Morgan fingerprint density at radius 3 is 2.09 bits per heavy atom. The van der Waals surface area contributed by atoms with E-state index in [1.165, 1.54) is 10.4 Å². The van der Waals surface area contributed by atoms with Gasteiger partial charge in [0.2, 0.25) is 10.0 Å². The maximum absolute atomic E-state index is 14.2. The van der Waals surface area contributed by atoms with E-state index in [1.54, 1.807) is 29.1 Å². The van der Waals surface area contributed by atoms with E-state index in [9.17, 15) is 12.8 Å². The Morgan fingerprint density at radius 2 is 1.41 bits per heavy atom. The summed E-state index contributed by atoms with van der Waals surface area (Å²) >= 11 is 0. The van der Waals surface area contributed by atoms with Gasteiger partial charge in [-0.3, -0.25) is 4.68 Å². The van der Waals surface area contributed by atoms with Crippen molar-refractivity contribution >= 4 is 15.7 Å². The molecule has 4 aromatic rings. The second-order valence-corrected chi connectivity index (χ2v) is 10.1. The molecule has 1 saturated heterocycles. The lowest BCUT2D eigenvalue weighted by Gasteiger charge is -2.35. The summed E-state index contributed by atoms with van der Waals surface area (Å²) in [5.74, 6) is -0.299. The summed E-state index contributed by atoms with van der Waals surface area (Å²) in [6.45, 7) is 1.85. The molecule has 3 aromatic carbocycles. The maximum Gasteiger partial charge on any atom is 0.246 e. The van der Waals surface area contributed by atoms with Gasteiger partial charge in [-0.2, -0.15) is 9.40 Å². The predicted molar refractivity (Wildman–Crippen MR) is 131 cm³/mol. The summed E-state index contributed by atoms with van der Waals surface area (Å²) < 4.78 is 44.8. The van der Waals surface area contributed by atoms with Crippen molar-refractivity contribution in [1.82, 2.24) is 14.1 Å². The molecule has 0 spiro atoms. The molecule has 6 nitrogen and oxygen atoms in total. The van der Waals surface area contributed by atoms with Crippen LogP contribution in [0.15, 0.2) is 96.0 Å². The first kappa shape index (κ1) is 22.3. The average molecular weight is 477 g/mol. The van der Waals surface area contributed by atoms with Crippen molar-refractivity contribution in [3.63, 3.8) is 0 Å². The van der Waals surface area contributed by atoms with Crippen molar-refractivity contribution in [3.05, 3.63) is 103 Å². The lowest BCUT2D eigenvalue weighted by molar-refractivity contribution is 0.383. The lowest BCUT2D eigenvalue weighted by Crippen LogP contribution is -2.48. The van der Waals surface area contributed by atoms with Crippen molar-refractivity contribution in [2.24, 2.45) is 0 Å². The number of halogens is 1. The summed E-state index contributed by atoms with van der Waals surface area (Å²) in [7, 11) is -3.80. The van der Waals surface area contributed by atoms with Crippen LogP contribution in [0.5, 0.6) is 0 Å². The Bertz CT molecular complexity index is 1370. The summed E-state index contributed by atoms with van der Waals surface area (Å²) in [6, 6.07) is 25.8. The number of anilines is 1. The van der Waals surface area contributed by atoms with Crippen LogP contribution in [0.4, 0.5) is 10.1 Å². The van der Waals surface area contributed by atoms with Crippen LogP contribution in [0.1, 0.15) is 5.56 Å². The van der Waals surface area contributed by atoms with Gasteiger partial charge in [0.25, 0.3) is 0 Å². The molecule has 1 fully saturated rings. The molecule has 0 unspecified atom stereocenters. The fourth-order valence-electron chi connectivity index (χ4n) is 4.26. The Kier molecular flexibility index (Phi) is 6.17. The summed E-state index contributed by atoms with van der Waals surface area (Å²) in [4.78, 5) is 2.08. The topological polar surface area (TPSA) is 58.4 Å². The molecule has 0 N–H and O–H groups in total. The third-order valence-electron chi connectivity index (χ3n) is 6.01. The quantitative estimate of drug-likeness (QED) is 0.418. The molecule has 0 bridgehead atoms. The molecule has 34 heavy (non-hydrogen) atoms. The number of piperazine rings is 1. The van der Waals surface area contributed by atoms with Gasteiger partial charge in [-0.25, -0.2) is 12.8 Å². The Labute approximate surface area is 198 Å². The van der Waals surface area contributed by atoms with E-state index in [2.05, 4.69) is 5.10 Å². The van der Waals surface area contributed by atoms with Crippen LogP contribution in [0, 0.1) is 5.82 Å². The van der Waals surface area contributed by atoms with Crippen molar-refractivity contribution in [3.8, 4) is 11.3 Å². The monoisotopic (exact) mass is 476 g/mol. The van der Waals surface area contributed by atoms with E-state index in [1.807, 2.05) is 65.6 Å². The number of benzene rings is 3. The third kappa shape index (κ3) is 4.47. The van der Waals surface area contributed by atoms with Gasteiger partial charge in [0.1, 0.15) is 16.4 Å². The van der Waals surface area contributed by atoms with Gasteiger partial charge in [-0.05, 0) is 17.7 Å². The number of hydrogen-bond donors (Lipinski definition) is 0. The molecule has 0 radical (unpaired) electrons. The van der Waals surface area contributed by atoms with Crippen molar-refractivity contribution in [2.75, 3.05) is 31.1 Å². The van der Waals surface area contributed by atoms with Crippen molar-refractivity contribution in [2.45, 2.75) is 11.4 Å². The highest BCUT2D eigenvalue weighted by molar-refractivity contribution is 7.89. The summed E-state index contributed by atoms with van der Waals surface area (Å²) in [6.07, 6.45) is 1.62. The van der Waals surface area contributed by atoms with Gasteiger partial charge in [0.05, 0.1) is 12.2 Å². The number of hydrogen-bond acceptors (Lipinski definition) is 4. The first-order valence-corrected chi connectivity index (χ1v) is 12.6. The standard InChI is InChI=1S/C26H25FN4O2S/c27-23-13-7-8-14-24(23)29-15-17-31(18-16-29)34(32,33)25-20-30(19-21-9-3-1-4-10-21)28-26(25)22-11-5-2-6-12-22/h1-14,20H,15-19H2. The van der Waals surface area contributed by atoms with E-state index < -0.39 is 10.0 Å². The van der Waals surface area contributed by atoms with Crippen LogP contribution in [-0.4, -0.2) is 48.7 Å². The van der Waals surface area contributed by atoms with Crippen LogP contribution >= 0.6 is 0 Å². The zero-order valence-corrected chi connectivity index (χ0v) is 19.4. The Hall–Kier alpha value is -3.49. The predicted octanol–water partition coefficient (Wildman–Crippen LogP) is 4.25. The smallest absolute Gasteiger partial charge is 0.246 e. The largest absolute Gasteiger partial charge is 0.367 e. The number of nitrogens with zero attached hydrogens (tertiary/aromatic N) is 4. The van der Waals surface area contributed by atoms with E-state index >= 15 is 0 Å². The highest BCUT2D eigenvalue weighted by atomic mass is 32.2. The number of rotatable bonds is 6. The Morgan fingerprint density at radius 1 is 0.794 bits per heavy atom. The summed E-state index contributed by atoms with van der Waals surface area (Å²) in [5.41, 5.74) is 2.72. The Balaban J connectivity index is 1.44. The number of para-hydroxylation sites is 1. The van der Waals surface area contributed by atoms with Gasteiger partial charge in [0.15, 0.2) is 0 Å². The minimum Gasteiger partial charge on any atom is -0.367 e. The van der Waals surface area contributed by atoms with E-state index in [4.69, 9.17) is 0 Å². The molecule has 1 aliphatic rings. The molecule has 2 heterocycles. The minimum atomic E-state index is -3.80. The molecular formula is C26H25FN4O2S. The second kappa shape index (κ2) is 9.40. The second-order valence-electron chi connectivity index (χ2n) is 8.23. The molecule has 174 valence electrons.